The van der Waals surface area contributed by atoms with E-state index in [0.717, 1.165) is 12.1 Å². The fraction of sp³-hybridized carbons (Fsp3) is 0.200. The van der Waals surface area contributed by atoms with Crippen LogP contribution < -0.4 is 3.53 Å². The first kappa shape index (κ1) is 6.88. The zero-order valence-corrected chi connectivity index (χ0v) is 6.87. The van der Waals surface area contributed by atoms with Crippen LogP contribution in [-0.4, -0.2) is 10.2 Å². The number of hydrogen-bond donors (Lipinski definition) is 1. The van der Waals surface area contributed by atoms with Gasteiger partial charge in [-0.15, -0.1) is 0 Å². The van der Waals surface area contributed by atoms with E-state index in [2.05, 4.69) is 36.6 Å². The Hall–Kier alpha value is -0.230. The number of hydrogen-bond acceptors (Lipinski definition) is 3. The molecule has 1 N–H and O–H groups in total. The molecule has 9 heavy (non-hydrogen) atoms. The zero-order valence-electron chi connectivity index (χ0n) is 4.71. The lowest BCUT2D eigenvalue weighted by atomic mass is 10.3. The third kappa shape index (κ3) is 2.23. The van der Waals surface area contributed by atoms with Crippen molar-refractivity contribution in [2.45, 2.75) is 6.54 Å². The second kappa shape index (κ2) is 3.73. The largest absolute Gasteiger partial charge is 0.257 e. The summed E-state index contributed by atoms with van der Waals surface area (Å²) in [6, 6.07) is 1.93. The van der Waals surface area contributed by atoms with E-state index in [0.29, 0.717) is 0 Å². The Morgan fingerprint density at radius 1 is 1.56 bits per heavy atom. The normalized spacial score (nSPS) is 9.44. The van der Waals surface area contributed by atoms with Gasteiger partial charge in [-0.2, -0.15) is 10.2 Å². The topological polar surface area (TPSA) is 37.8 Å². The standard InChI is InChI=1S/C5H6IN3/c6-7-3-5-1-2-8-9-4-5/h1-2,4,7H,3H2. The van der Waals surface area contributed by atoms with Gasteiger partial charge in [-0.1, -0.05) is 0 Å². The van der Waals surface area contributed by atoms with Crippen LogP contribution in [0.25, 0.3) is 0 Å². The highest BCUT2D eigenvalue weighted by molar-refractivity contribution is 14.1. The molecule has 1 aromatic rings. The van der Waals surface area contributed by atoms with Crippen molar-refractivity contribution < 1.29 is 0 Å². The highest BCUT2D eigenvalue weighted by atomic mass is 127. The van der Waals surface area contributed by atoms with Crippen LogP contribution in [0.4, 0.5) is 0 Å². The van der Waals surface area contributed by atoms with Gasteiger partial charge in [-0.25, -0.2) is 0 Å². The van der Waals surface area contributed by atoms with Gasteiger partial charge in [0.2, 0.25) is 0 Å². The Labute approximate surface area is 67.4 Å². The summed E-state index contributed by atoms with van der Waals surface area (Å²) in [4.78, 5) is 0. The lowest BCUT2D eigenvalue weighted by Crippen LogP contribution is -1.97. The van der Waals surface area contributed by atoms with Crippen LogP contribution in [0.2, 0.25) is 0 Å². The molecule has 1 aromatic heterocycles. The smallest absolute Gasteiger partial charge is 0.0541 e. The number of rotatable bonds is 2. The number of halogens is 1. The van der Waals surface area contributed by atoms with Crippen molar-refractivity contribution in [3.63, 3.8) is 0 Å². The monoisotopic (exact) mass is 235 g/mol. The maximum absolute atomic E-state index is 3.71. The second-order valence-corrected chi connectivity index (χ2v) is 2.32. The zero-order chi connectivity index (χ0) is 6.53. The van der Waals surface area contributed by atoms with E-state index in [1.54, 1.807) is 12.4 Å². The molecule has 3 nitrogen and oxygen atoms in total. The Morgan fingerprint density at radius 3 is 3.00 bits per heavy atom. The Balaban J connectivity index is 2.61. The fourth-order valence-corrected chi connectivity index (χ4v) is 0.940. The van der Waals surface area contributed by atoms with E-state index in [9.17, 15) is 0 Å². The highest BCUT2D eigenvalue weighted by Crippen LogP contribution is 1.92. The number of nitrogens with one attached hydrogen (secondary N) is 1. The van der Waals surface area contributed by atoms with E-state index in [1.807, 2.05) is 6.07 Å². The molecule has 0 aliphatic rings. The maximum Gasteiger partial charge on any atom is 0.0541 e. The van der Waals surface area contributed by atoms with Gasteiger partial charge in [-0.3, -0.25) is 3.53 Å². The van der Waals surface area contributed by atoms with Gasteiger partial charge in [0.15, 0.2) is 0 Å². The summed E-state index contributed by atoms with van der Waals surface area (Å²) in [6.45, 7) is 0.843. The summed E-state index contributed by atoms with van der Waals surface area (Å²) in [6.07, 6.45) is 3.43. The minimum absolute atomic E-state index is 0.843. The molecule has 0 saturated heterocycles. The van der Waals surface area contributed by atoms with Crippen LogP contribution in [0.1, 0.15) is 5.56 Å². The highest BCUT2D eigenvalue weighted by Gasteiger charge is 1.86. The Bertz CT molecular complexity index is 165. The van der Waals surface area contributed by atoms with Crippen molar-refractivity contribution in [1.82, 2.24) is 13.7 Å². The van der Waals surface area contributed by atoms with Gasteiger partial charge in [0.05, 0.1) is 6.20 Å². The summed E-state index contributed by atoms with van der Waals surface area (Å²) in [5, 5.41) is 7.36. The molecule has 0 aliphatic heterocycles. The molecule has 0 amide bonds. The summed E-state index contributed by atoms with van der Waals surface area (Å²) in [5.74, 6) is 0. The summed E-state index contributed by atoms with van der Waals surface area (Å²) < 4.78 is 2.99. The van der Waals surface area contributed by atoms with E-state index in [4.69, 9.17) is 0 Å². The molecule has 48 valence electrons. The van der Waals surface area contributed by atoms with Gasteiger partial charge >= 0.3 is 0 Å². The lowest BCUT2D eigenvalue weighted by Gasteiger charge is -1.92. The fourth-order valence-electron chi connectivity index (χ4n) is 0.500. The average Bonchev–Trinajstić information content (AvgIpc) is 1.91. The van der Waals surface area contributed by atoms with Gasteiger partial charge in [-0.05, 0) is 11.6 Å². The lowest BCUT2D eigenvalue weighted by molar-refractivity contribution is 0.944. The molecule has 1 heterocycles. The summed E-state index contributed by atoms with van der Waals surface area (Å²) in [5.41, 5.74) is 1.15. The molecule has 0 fully saturated rings. The van der Waals surface area contributed by atoms with Crippen LogP contribution in [-0.2, 0) is 6.54 Å². The molecule has 0 radical (unpaired) electrons. The summed E-state index contributed by atoms with van der Waals surface area (Å²) >= 11 is 2.09. The van der Waals surface area contributed by atoms with E-state index >= 15 is 0 Å². The Kier molecular flexibility index (Phi) is 2.85. The van der Waals surface area contributed by atoms with Gasteiger partial charge in [0.25, 0.3) is 0 Å². The van der Waals surface area contributed by atoms with Crippen molar-refractivity contribution in [3.05, 3.63) is 24.0 Å². The van der Waals surface area contributed by atoms with Crippen LogP contribution >= 0.6 is 22.9 Å². The maximum atomic E-state index is 3.71. The quantitative estimate of drug-likeness (QED) is 0.611. The van der Waals surface area contributed by atoms with E-state index < -0.39 is 0 Å². The molecule has 0 bridgehead atoms. The van der Waals surface area contributed by atoms with Crippen molar-refractivity contribution in [2.75, 3.05) is 0 Å². The number of nitrogens with zero attached hydrogens (tertiary/aromatic N) is 2. The third-order valence-corrected chi connectivity index (χ3v) is 1.30. The minimum atomic E-state index is 0.843. The predicted molar refractivity (Wildman–Crippen MR) is 42.9 cm³/mol. The first-order valence-electron chi connectivity index (χ1n) is 2.52. The molecule has 4 heteroatoms. The molecule has 0 unspecified atom stereocenters. The molecule has 1 rings (SSSR count). The first-order chi connectivity index (χ1) is 4.43. The summed E-state index contributed by atoms with van der Waals surface area (Å²) in [7, 11) is 0. The molecular formula is C5H6IN3. The van der Waals surface area contributed by atoms with Crippen LogP contribution in [0.3, 0.4) is 0 Å². The molecular weight excluding hydrogens is 229 g/mol. The van der Waals surface area contributed by atoms with Crippen molar-refractivity contribution in [2.24, 2.45) is 0 Å². The van der Waals surface area contributed by atoms with Crippen LogP contribution in [0, 0.1) is 0 Å². The molecule has 0 aliphatic carbocycles. The minimum Gasteiger partial charge on any atom is -0.257 e. The predicted octanol–water partition coefficient (Wildman–Crippen LogP) is 0.916. The van der Waals surface area contributed by atoms with E-state index in [-0.39, 0.29) is 0 Å². The van der Waals surface area contributed by atoms with E-state index in [1.165, 1.54) is 0 Å². The van der Waals surface area contributed by atoms with Crippen molar-refractivity contribution in [3.8, 4) is 0 Å². The molecule has 0 atom stereocenters. The number of aromatic nitrogens is 2. The molecule has 0 aromatic carbocycles. The first-order valence-corrected chi connectivity index (χ1v) is 3.60. The molecule has 0 saturated carbocycles. The van der Waals surface area contributed by atoms with Crippen molar-refractivity contribution >= 4 is 22.9 Å². The average molecular weight is 235 g/mol. The SMILES string of the molecule is INCc1ccnnc1. The van der Waals surface area contributed by atoms with Gasteiger partial charge < -0.3 is 0 Å². The molecule has 0 spiro atoms. The van der Waals surface area contributed by atoms with Crippen molar-refractivity contribution in [1.29, 1.82) is 0 Å². The van der Waals surface area contributed by atoms with Gasteiger partial charge in [0.1, 0.15) is 0 Å². The second-order valence-electron chi connectivity index (χ2n) is 1.56. The Morgan fingerprint density at radius 2 is 2.44 bits per heavy atom. The van der Waals surface area contributed by atoms with Crippen LogP contribution in [0.5, 0.6) is 0 Å². The third-order valence-electron chi connectivity index (χ3n) is 0.916. The van der Waals surface area contributed by atoms with Crippen LogP contribution in [0.15, 0.2) is 18.5 Å². The van der Waals surface area contributed by atoms with Gasteiger partial charge in [0, 0.05) is 35.6 Å².